The predicted molar refractivity (Wildman–Crippen MR) is 72.7 cm³/mol. The van der Waals surface area contributed by atoms with Crippen LogP contribution in [0.2, 0.25) is 0 Å². The van der Waals surface area contributed by atoms with Crippen molar-refractivity contribution in [3.05, 3.63) is 0 Å². The molecule has 110 valence electrons. The fourth-order valence-corrected chi connectivity index (χ4v) is 2.42. The second-order valence-electron chi connectivity index (χ2n) is 5.41. The lowest BCUT2D eigenvalue weighted by Crippen LogP contribution is -2.52. The van der Waals surface area contributed by atoms with E-state index >= 15 is 0 Å². The van der Waals surface area contributed by atoms with Gasteiger partial charge in [-0.15, -0.1) is 0 Å². The van der Waals surface area contributed by atoms with E-state index < -0.39 is 5.41 Å². The van der Waals surface area contributed by atoms with E-state index in [1.807, 2.05) is 0 Å². The number of nitrogens with one attached hydrogen (secondary N) is 1. The molecule has 0 atom stereocenters. The van der Waals surface area contributed by atoms with Crippen LogP contribution in [0.15, 0.2) is 0 Å². The number of piperidine rings is 1. The highest BCUT2D eigenvalue weighted by molar-refractivity contribution is 5.87. The molecule has 0 radical (unpaired) electrons. The first-order chi connectivity index (χ1) is 8.93. The molecule has 2 amide bonds. The summed E-state index contributed by atoms with van der Waals surface area (Å²) in [5.41, 5.74) is -0.485. The minimum atomic E-state index is -0.485. The molecule has 0 aromatic heterocycles. The van der Waals surface area contributed by atoms with Crippen molar-refractivity contribution in [2.75, 3.05) is 54.5 Å². The Balaban J connectivity index is 2.73. The number of methoxy groups -OCH3 is 1. The van der Waals surface area contributed by atoms with E-state index in [1.165, 1.54) is 9.80 Å². The first-order valence-electron chi connectivity index (χ1n) is 6.58. The van der Waals surface area contributed by atoms with E-state index in [9.17, 15) is 9.59 Å². The molecule has 1 aliphatic rings. The molecule has 0 aromatic rings. The van der Waals surface area contributed by atoms with Crippen LogP contribution in [0.4, 0.5) is 0 Å². The van der Waals surface area contributed by atoms with Gasteiger partial charge in [-0.1, -0.05) is 0 Å². The van der Waals surface area contributed by atoms with E-state index in [1.54, 1.807) is 28.3 Å². The highest BCUT2D eigenvalue weighted by atomic mass is 16.5. The minimum Gasteiger partial charge on any atom is -0.384 e. The van der Waals surface area contributed by atoms with Gasteiger partial charge in [-0.2, -0.15) is 0 Å². The Morgan fingerprint density at radius 1 is 1.21 bits per heavy atom. The summed E-state index contributed by atoms with van der Waals surface area (Å²) in [6.07, 6.45) is 1.50. The van der Waals surface area contributed by atoms with Crippen LogP contribution in [-0.4, -0.2) is 76.1 Å². The Morgan fingerprint density at radius 3 is 2.26 bits per heavy atom. The number of hydrogen-bond donors (Lipinski definition) is 1. The Hall–Kier alpha value is -1.14. The summed E-state index contributed by atoms with van der Waals surface area (Å²) < 4.78 is 5.24. The summed E-state index contributed by atoms with van der Waals surface area (Å²) in [6.45, 7) is 2.15. The summed E-state index contributed by atoms with van der Waals surface area (Å²) in [6, 6.07) is 0. The van der Waals surface area contributed by atoms with Crippen molar-refractivity contribution in [3.63, 3.8) is 0 Å². The van der Waals surface area contributed by atoms with Gasteiger partial charge in [-0.05, 0) is 25.9 Å². The molecular formula is C13H25N3O3. The molecule has 6 nitrogen and oxygen atoms in total. The number of hydrogen-bond acceptors (Lipinski definition) is 4. The molecule has 1 N–H and O–H groups in total. The monoisotopic (exact) mass is 271 g/mol. The molecular weight excluding hydrogens is 246 g/mol. The second-order valence-corrected chi connectivity index (χ2v) is 5.41. The van der Waals surface area contributed by atoms with Gasteiger partial charge in [-0.3, -0.25) is 9.59 Å². The van der Waals surface area contributed by atoms with E-state index in [0.717, 1.165) is 25.9 Å². The average Bonchev–Trinajstić information content (AvgIpc) is 2.39. The maximum atomic E-state index is 12.6. The summed E-state index contributed by atoms with van der Waals surface area (Å²) in [5, 5.41) is 3.25. The molecule has 1 fully saturated rings. The van der Waals surface area contributed by atoms with Crippen LogP contribution < -0.4 is 5.32 Å². The van der Waals surface area contributed by atoms with Crippen molar-refractivity contribution in [1.82, 2.24) is 15.1 Å². The van der Waals surface area contributed by atoms with Crippen LogP contribution in [0.1, 0.15) is 12.8 Å². The number of carbonyl (C=O) groups is 2. The van der Waals surface area contributed by atoms with Crippen LogP contribution >= 0.6 is 0 Å². The van der Waals surface area contributed by atoms with Crippen LogP contribution in [0.3, 0.4) is 0 Å². The summed E-state index contributed by atoms with van der Waals surface area (Å²) in [4.78, 5) is 27.3. The van der Waals surface area contributed by atoms with Gasteiger partial charge in [0.15, 0.2) is 0 Å². The maximum absolute atomic E-state index is 12.6. The van der Waals surface area contributed by atoms with Gasteiger partial charge in [0, 0.05) is 28.3 Å². The predicted octanol–water partition coefficient (Wildman–Crippen LogP) is -0.451. The van der Waals surface area contributed by atoms with Crippen LogP contribution in [0.25, 0.3) is 0 Å². The minimum absolute atomic E-state index is 0.00560. The fraction of sp³-hybridized carbons (Fsp3) is 0.846. The number of rotatable bonds is 5. The van der Waals surface area contributed by atoms with Crippen molar-refractivity contribution < 1.29 is 14.3 Å². The van der Waals surface area contributed by atoms with Gasteiger partial charge < -0.3 is 19.9 Å². The third-order valence-electron chi connectivity index (χ3n) is 3.65. The van der Waals surface area contributed by atoms with Gasteiger partial charge in [0.25, 0.3) is 0 Å². The number of amides is 2. The van der Waals surface area contributed by atoms with Crippen LogP contribution in [0, 0.1) is 5.41 Å². The van der Waals surface area contributed by atoms with Crippen LogP contribution in [0.5, 0.6) is 0 Å². The molecule has 1 rings (SSSR count). The summed E-state index contributed by atoms with van der Waals surface area (Å²) in [7, 11) is 6.68. The Morgan fingerprint density at radius 2 is 1.79 bits per heavy atom. The zero-order valence-electron chi connectivity index (χ0n) is 12.4. The highest BCUT2D eigenvalue weighted by Gasteiger charge is 2.41. The Kier molecular flexibility index (Phi) is 5.75. The average molecular weight is 271 g/mol. The molecule has 0 aliphatic carbocycles. The topological polar surface area (TPSA) is 61.9 Å². The molecule has 19 heavy (non-hydrogen) atoms. The molecule has 6 heteroatoms. The van der Waals surface area contributed by atoms with Crippen molar-refractivity contribution in [1.29, 1.82) is 0 Å². The van der Waals surface area contributed by atoms with Gasteiger partial charge >= 0.3 is 0 Å². The number of likely N-dealkylation sites (N-methyl/N-ethyl adjacent to an activating group) is 2. The lowest BCUT2D eigenvalue weighted by Gasteiger charge is -2.38. The number of carbonyl (C=O) groups excluding carboxylic acids is 2. The third-order valence-corrected chi connectivity index (χ3v) is 3.65. The lowest BCUT2D eigenvalue weighted by atomic mass is 9.78. The van der Waals surface area contributed by atoms with Crippen LogP contribution in [-0.2, 0) is 14.3 Å². The molecule has 1 aliphatic heterocycles. The second kappa shape index (κ2) is 6.86. The maximum Gasteiger partial charge on any atom is 0.241 e. The first-order valence-corrected chi connectivity index (χ1v) is 6.58. The normalized spacial score (nSPS) is 17.9. The summed E-state index contributed by atoms with van der Waals surface area (Å²) in [5.74, 6) is -0.0663. The standard InChI is InChI=1S/C13H25N3O3/c1-15(2)11(17)9-16(3)12(18)13(10-19-4)5-7-14-8-6-13/h14H,5-10H2,1-4H3. The Labute approximate surface area is 115 Å². The van der Waals surface area contributed by atoms with Crippen molar-refractivity contribution >= 4 is 11.8 Å². The van der Waals surface area contributed by atoms with E-state index in [2.05, 4.69) is 5.32 Å². The van der Waals surface area contributed by atoms with E-state index in [4.69, 9.17) is 4.74 Å². The van der Waals surface area contributed by atoms with Crippen molar-refractivity contribution in [2.24, 2.45) is 5.41 Å². The smallest absolute Gasteiger partial charge is 0.241 e. The molecule has 1 saturated heterocycles. The van der Waals surface area contributed by atoms with Gasteiger partial charge in [0.05, 0.1) is 18.6 Å². The quantitative estimate of drug-likeness (QED) is 0.736. The van der Waals surface area contributed by atoms with E-state index in [-0.39, 0.29) is 18.4 Å². The fourth-order valence-electron chi connectivity index (χ4n) is 2.42. The van der Waals surface area contributed by atoms with Crippen molar-refractivity contribution in [2.45, 2.75) is 12.8 Å². The summed E-state index contributed by atoms with van der Waals surface area (Å²) >= 11 is 0. The highest BCUT2D eigenvalue weighted by Crippen LogP contribution is 2.31. The molecule has 0 bridgehead atoms. The van der Waals surface area contributed by atoms with Gasteiger partial charge in [0.2, 0.25) is 11.8 Å². The molecule has 0 saturated carbocycles. The lowest BCUT2D eigenvalue weighted by molar-refractivity contribution is -0.149. The zero-order chi connectivity index (χ0) is 14.5. The van der Waals surface area contributed by atoms with Gasteiger partial charge in [-0.25, -0.2) is 0 Å². The zero-order valence-corrected chi connectivity index (χ0v) is 12.4. The Bertz CT molecular complexity index is 320. The molecule has 0 unspecified atom stereocenters. The molecule has 0 aromatic carbocycles. The van der Waals surface area contributed by atoms with E-state index in [0.29, 0.717) is 6.61 Å². The largest absolute Gasteiger partial charge is 0.384 e. The first kappa shape index (κ1) is 15.9. The molecule has 0 spiro atoms. The van der Waals surface area contributed by atoms with Gasteiger partial charge in [0.1, 0.15) is 0 Å². The van der Waals surface area contributed by atoms with Crippen molar-refractivity contribution in [3.8, 4) is 0 Å². The SMILES string of the molecule is COCC1(C(=O)N(C)CC(=O)N(C)C)CCNCC1. The third kappa shape index (κ3) is 3.91. The number of ether oxygens (including phenoxy) is 1. The number of nitrogens with zero attached hydrogens (tertiary/aromatic N) is 2. The molecule has 1 heterocycles.